The Morgan fingerprint density at radius 3 is 2.50 bits per heavy atom. The first kappa shape index (κ1) is 21.8. The highest BCUT2D eigenvalue weighted by Crippen LogP contribution is 2.23. The van der Waals surface area contributed by atoms with Gasteiger partial charge < -0.3 is 9.47 Å². The van der Waals surface area contributed by atoms with Crippen molar-refractivity contribution in [2.75, 3.05) is 19.6 Å². The third kappa shape index (κ3) is 4.64. The SMILES string of the molecule is C=CCN(Cc1ccc(C#N)cc1)C(=O)c1cc(S(=O)(=O)N2CCCCC2)cn1C. The second-order valence-corrected chi connectivity index (χ2v) is 9.36. The lowest BCUT2D eigenvalue weighted by atomic mass is 10.1. The summed E-state index contributed by atoms with van der Waals surface area (Å²) in [5, 5.41) is 8.94. The van der Waals surface area contributed by atoms with Gasteiger partial charge in [0.25, 0.3) is 5.91 Å². The van der Waals surface area contributed by atoms with Crippen LogP contribution >= 0.6 is 0 Å². The summed E-state index contributed by atoms with van der Waals surface area (Å²) in [7, 11) is -1.93. The molecule has 0 spiro atoms. The molecule has 0 aliphatic carbocycles. The van der Waals surface area contributed by atoms with E-state index in [4.69, 9.17) is 5.26 Å². The van der Waals surface area contributed by atoms with E-state index in [2.05, 4.69) is 12.6 Å². The third-order valence-electron chi connectivity index (χ3n) is 5.24. The zero-order chi connectivity index (χ0) is 21.7. The lowest BCUT2D eigenvalue weighted by Gasteiger charge is -2.25. The van der Waals surface area contributed by atoms with Crippen LogP contribution in [0.5, 0.6) is 0 Å². The molecule has 0 bridgehead atoms. The number of carbonyl (C=O) groups excluding carboxylic acids is 1. The Labute approximate surface area is 177 Å². The molecule has 1 amide bonds. The van der Waals surface area contributed by atoms with Crippen LogP contribution in [0.1, 0.15) is 40.9 Å². The van der Waals surface area contributed by atoms with Crippen LogP contribution in [0.25, 0.3) is 0 Å². The molecule has 1 saturated heterocycles. The van der Waals surface area contributed by atoms with Gasteiger partial charge in [0.05, 0.1) is 11.6 Å². The number of hydrogen-bond donors (Lipinski definition) is 0. The molecule has 1 aromatic carbocycles. The highest BCUT2D eigenvalue weighted by Gasteiger charge is 2.29. The van der Waals surface area contributed by atoms with Crippen LogP contribution in [0.15, 0.2) is 54.1 Å². The Morgan fingerprint density at radius 1 is 1.23 bits per heavy atom. The van der Waals surface area contributed by atoms with E-state index in [1.807, 2.05) is 0 Å². The van der Waals surface area contributed by atoms with Crippen molar-refractivity contribution in [1.29, 1.82) is 5.26 Å². The zero-order valence-corrected chi connectivity index (χ0v) is 17.9. The van der Waals surface area contributed by atoms with Gasteiger partial charge in [0, 0.05) is 39.4 Å². The molecule has 0 unspecified atom stereocenters. The number of nitriles is 1. The summed E-state index contributed by atoms with van der Waals surface area (Å²) in [4.78, 5) is 14.9. The number of rotatable bonds is 7. The molecule has 8 heteroatoms. The molecule has 1 aliphatic rings. The van der Waals surface area contributed by atoms with E-state index in [0.717, 1.165) is 24.8 Å². The van der Waals surface area contributed by atoms with Crippen LogP contribution < -0.4 is 0 Å². The van der Waals surface area contributed by atoms with Crippen LogP contribution in [0.3, 0.4) is 0 Å². The molecule has 0 radical (unpaired) electrons. The molecule has 0 saturated carbocycles. The average molecular weight is 427 g/mol. The Kier molecular flexibility index (Phi) is 6.75. The Hall–Kier alpha value is -2.89. The van der Waals surface area contributed by atoms with Gasteiger partial charge >= 0.3 is 0 Å². The normalized spacial score (nSPS) is 14.8. The van der Waals surface area contributed by atoms with E-state index in [-0.39, 0.29) is 10.8 Å². The predicted molar refractivity (Wildman–Crippen MR) is 114 cm³/mol. The van der Waals surface area contributed by atoms with Crippen molar-refractivity contribution in [1.82, 2.24) is 13.8 Å². The average Bonchev–Trinajstić information content (AvgIpc) is 3.16. The van der Waals surface area contributed by atoms with E-state index in [9.17, 15) is 13.2 Å². The zero-order valence-electron chi connectivity index (χ0n) is 17.1. The van der Waals surface area contributed by atoms with Crippen LogP contribution in [-0.2, 0) is 23.6 Å². The Balaban J connectivity index is 1.84. The van der Waals surface area contributed by atoms with Gasteiger partial charge in [-0.15, -0.1) is 6.58 Å². The molecular formula is C22H26N4O3S. The number of carbonyl (C=O) groups is 1. The molecule has 3 rings (SSSR count). The van der Waals surface area contributed by atoms with Gasteiger partial charge in [0.2, 0.25) is 10.0 Å². The van der Waals surface area contributed by atoms with Gasteiger partial charge in [-0.3, -0.25) is 4.79 Å². The van der Waals surface area contributed by atoms with Crippen molar-refractivity contribution in [2.24, 2.45) is 7.05 Å². The summed E-state index contributed by atoms with van der Waals surface area (Å²) in [6, 6.07) is 10.6. The van der Waals surface area contributed by atoms with Crippen LogP contribution in [-0.4, -0.2) is 47.7 Å². The van der Waals surface area contributed by atoms with E-state index >= 15 is 0 Å². The summed E-state index contributed by atoms with van der Waals surface area (Å²) in [5.41, 5.74) is 1.73. The van der Waals surface area contributed by atoms with E-state index in [1.54, 1.807) is 46.9 Å². The van der Waals surface area contributed by atoms with Gasteiger partial charge in [-0.25, -0.2) is 8.42 Å². The molecule has 7 nitrogen and oxygen atoms in total. The largest absolute Gasteiger partial charge is 0.345 e. The second kappa shape index (κ2) is 9.28. The summed E-state index contributed by atoms with van der Waals surface area (Å²) in [5.74, 6) is -0.276. The maximum atomic E-state index is 13.2. The fraction of sp³-hybridized carbons (Fsp3) is 0.364. The first-order valence-corrected chi connectivity index (χ1v) is 11.4. The highest BCUT2D eigenvalue weighted by atomic mass is 32.2. The number of hydrogen-bond acceptors (Lipinski definition) is 4. The number of nitrogens with zero attached hydrogens (tertiary/aromatic N) is 4. The minimum atomic E-state index is -3.61. The third-order valence-corrected chi connectivity index (χ3v) is 7.11. The van der Waals surface area contributed by atoms with Gasteiger partial charge in [0.15, 0.2) is 0 Å². The van der Waals surface area contributed by atoms with Crippen LogP contribution in [0, 0.1) is 11.3 Å². The molecule has 1 fully saturated rings. The number of piperidine rings is 1. The van der Waals surface area contributed by atoms with E-state index < -0.39 is 10.0 Å². The molecular weight excluding hydrogens is 400 g/mol. The van der Waals surface area contributed by atoms with Crippen molar-refractivity contribution in [3.63, 3.8) is 0 Å². The fourth-order valence-electron chi connectivity index (χ4n) is 3.58. The van der Waals surface area contributed by atoms with Crippen LogP contribution in [0.4, 0.5) is 0 Å². The first-order chi connectivity index (χ1) is 14.4. The number of aryl methyl sites for hydroxylation is 1. The van der Waals surface area contributed by atoms with Gasteiger partial charge in [-0.2, -0.15) is 9.57 Å². The number of aromatic nitrogens is 1. The smallest absolute Gasteiger partial charge is 0.271 e. The quantitative estimate of drug-likeness (QED) is 0.637. The fourth-order valence-corrected chi connectivity index (χ4v) is 5.17. The van der Waals surface area contributed by atoms with Crippen LogP contribution in [0.2, 0.25) is 0 Å². The van der Waals surface area contributed by atoms with Crippen molar-refractivity contribution < 1.29 is 13.2 Å². The Bertz CT molecular complexity index is 1060. The molecule has 1 aromatic heterocycles. The standard InChI is InChI=1S/C22H26N4O3S/c1-3-11-25(16-19-9-7-18(15-23)8-10-19)22(27)21-14-20(17-24(21)2)30(28,29)26-12-5-4-6-13-26/h3,7-10,14,17H,1,4-6,11-13,16H2,2H3. The second-order valence-electron chi connectivity index (χ2n) is 7.42. The van der Waals surface area contributed by atoms with Crippen molar-refractivity contribution in [3.05, 3.63) is 66.0 Å². The summed E-state index contributed by atoms with van der Waals surface area (Å²) in [6.45, 7) is 5.41. The molecule has 158 valence electrons. The molecule has 2 heterocycles. The maximum Gasteiger partial charge on any atom is 0.271 e. The number of sulfonamides is 1. The topological polar surface area (TPSA) is 86.4 Å². The molecule has 0 atom stereocenters. The molecule has 2 aromatic rings. The molecule has 0 N–H and O–H groups in total. The highest BCUT2D eigenvalue weighted by molar-refractivity contribution is 7.89. The lowest BCUT2D eigenvalue weighted by molar-refractivity contribution is 0.0753. The maximum absolute atomic E-state index is 13.2. The minimum absolute atomic E-state index is 0.146. The van der Waals surface area contributed by atoms with Gasteiger partial charge in [0.1, 0.15) is 10.6 Å². The summed E-state index contributed by atoms with van der Waals surface area (Å²) >= 11 is 0. The van der Waals surface area contributed by atoms with Crippen molar-refractivity contribution in [2.45, 2.75) is 30.7 Å². The van der Waals surface area contributed by atoms with Crippen molar-refractivity contribution >= 4 is 15.9 Å². The lowest BCUT2D eigenvalue weighted by Crippen LogP contribution is -2.35. The molecule has 1 aliphatic heterocycles. The summed E-state index contributed by atoms with van der Waals surface area (Å²) < 4.78 is 29.0. The number of amides is 1. The van der Waals surface area contributed by atoms with Crippen molar-refractivity contribution in [3.8, 4) is 6.07 Å². The van der Waals surface area contributed by atoms with E-state index in [1.165, 1.54) is 16.6 Å². The number of benzene rings is 1. The predicted octanol–water partition coefficient (Wildman–Crippen LogP) is 2.90. The Morgan fingerprint density at radius 2 is 1.90 bits per heavy atom. The van der Waals surface area contributed by atoms with Gasteiger partial charge in [-0.1, -0.05) is 24.6 Å². The van der Waals surface area contributed by atoms with Gasteiger partial charge in [-0.05, 0) is 36.6 Å². The monoisotopic (exact) mass is 426 g/mol. The molecule has 30 heavy (non-hydrogen) atoms. The minimum Gasteiger partial charge on any atom is -0.345 e. The first-order valence-electron chi connectivity index (χ1n) is 9.92. The summed E-state index contributed by atoms with van der Waals surface area (Å²) in [6.07, 6.45) is 5.89. The van der Waals surface area contributed by atoms with E-state index in [0.29, 0.717) is 37.4 Å².